The van der Waals surface area contributed by atoms with Crippen LogP contribution in [0.15, 0.2) is 23.4 Å². The van der Waals surface area contributed by atoms with E-state index in [-0.39, 0.29) is 0 Å². The van der Waals surface area contributed by atoms with Crippen molar-refractivity contribution < 1.29 is 4.74 Å². The molecule has 1 aromatic heterocycles. The maximum atomic E-state index is 6.01. The van der Waals surface area contributed by atoms with E-state index >= 15 is 0 Å². The Morgan fingerprint density at radius 3 is 2.71 bits per heavy atom. The second kappa shape index (κ2) is 8.94. The Kier molecular flexibility index (Phi) is 6.93. The number of hydrogen-bond donors (Lipinski definition) is 1. The highest BCUT2D eigenvalue weighted by Crippen LogP contribution is 2.28. The van der Waals surface area contributed by atoms with Gasteiger partial charge >= 0.3 is 0 Å². The Morgan fingerprint density at radius 2 is 2.08 bits per heavy atom. The fraction of sp³-hybridized carbons (Fsp3) is 0.529. The summed E-state index contributed by atoms with van der Waals surface area (Å²) in [6.07, 6.45) is 2.98. The smallest absolute Gasteiger partial charge is 0.210 e. The molecule has 0 aliphatic rings. The molecule has 0 atom stereocenters. The summed E-state index contributed by atoms with van der Waals surface area (Å²) in [5.74, 6) is 8.46. The molecule has 0 spiro atoms. The maximum Gasteiger partial charge on any atom is 0.210 e. The third kappa shape index (κ3) is 4.88. The zero-order valence-electron chi connectivity index (χ0n) is 15.0. The van der Waals surface area contributed by atoms with Crippen LogP contribution in [-0.4, -0.2) is 47.5 Å². The molecule has 0 saturated carbocycles. The van der Waals surface area contributed by atoms with Crippen LogP contribution in [0.4, 0.5) is 0 Å². The molecule has 6 nitrogen and oxygen atoms in total. The highest BCUT2D eigenvalue weighted by Gasteiger charge is 2.11. The molecule has 0 fully saturated rings. The highest BCUT2D eigenvalue weighted by molar-refractivity contribution is 7.98. The predicted octanol–water partition coefficient (Wildman–Crippen LogP) is 2.35. The van der Waals surface area contributed by atoms with Gasteiger partial charge in [-0.2, -0.15) is 0 Å². The number of aryl methyl sites for hydroxylation is 2. The summed E-state index contributed by atoms with van der Waals surface area (Å²) < 4.78 is 7.06. The maximum absolute atomic E-state index is 6.01. The lowest BCUT2D eigenvalue weighted by Gasteiger charge is -2.12. The van der Waals surface area contributed by atoms with Crippen LogP contribution in [0.25, 0.3) is 0 Å². The average molecular weight is 350 g/mol. The first-order valence-corrected chi connectivity index (χ1v) is 9.16. The molecule has 0 saturated heterocycles. The number of methoxy groups -OCH3 is 1. The SMILES string of the molecule is CCc1nnc(SCc2cc(CCCN(C)C)ccc2OC)n1N. The summed E-state index contributed by atoms with van der Waals surface area (Å²) in [6, 6.07) is 6.41. The zero-order chi connectivity index (χ0) is 17.5. The number of nitrogens with zero attached hydrogens (tertiary/aromatic N) is 4. The second-order valence-electron chi connectivity index (χ2n) is 5.96. The van der Waals surface area contributed by atoms with Crippen LogP contribution in [0, 0.1) is 0 Å². The quantitative estimate of drug-likeness (QED) is 0.554. The summed E-state index contributed by atoms with van der Waals surface area (Å²) in [4.78, 5) is 2.21. The minimum atomic E-state index is 0.729. The van der Waals surface area contributed by atoms with Crippen molar-refractivity contribution in [1.29, 1.82) is 0 Å². The first-order chi connectivity index (χ1) is 11.5. The van der Waals surface area contributed by atoms with E-state index in [1.807, 2.05) is 13.0 Å². The van der Waals surface area contributed by atoms with Gasteiger partial charge in [0.25, 0.3) is 0 Å². The van der Waals surface area contributed by atoms with Crippen LogP contribution in [0.3, 0.4) is 0 Å². The third-order valence-electron chi connectivity index (χ3n) is 3.82. The minimum absolute atomic E-state index is 0.729. The van der Waals surface area contributed by atoms with Crippen molar-refractivity contribution in [3.8, 4) is 5.75 Å². The molecule has 24 heavy (non-hydrogen) atoms. The topological polar surface area (TPSA) is 69.2 Å². The van der Waals surface area contributed by atoms with E-state index in [4.69, 9.17) is 10.6 Å². The van der Waals surface area contributed by atoms with Crippen LogP contribution in [0.2, 0.25) is 0 Å². The molecule has 0 unspecified atom stereocenters. The number of nitrogens with two attached hydrogens (primary N) is 1. The molecule has 1 heterocycles. The fourth-order valence-corrected chi connectivity index (χ4v) is 3.34. The Bertz CT molecular complexity index is 656. The number of benzene rings is 1. The normalized spacial score (nSPS) is 11.2. The molecular formula is C17H27N5OS. The van der Waals surface area contributed by atoms with Crippen molar-refractivity contribution in [3.05, 3.63) is 35.2 Å². The molecule has 0 aliphatic heterocycles. The van der Waals surface area contributed by atoms with Gasteiger partial charge in [-0.25, -0.2) is 4.68 Å². The van der Waals surface area contributed by atoms with Crippen LogP contribution in [-0.2, 0) is 18.6 Å². The standard InChI is InChI=1S/C17H27N5OS/c1-5-16-19-20-17(22(16)18)24-12-14-11-13(7-6-10-21(2)3)8-9-15(14)23-4/h8-9,11H,5-7,10,12,18H2,1-4H3. The number of ether oxygens (including phenoxy) is 1. The van der Waals surface area contributed by atoms with Crippen LogP contribution >= 0.6 is 11.8 Å². The van der Waals surface area contributed by atoms with Gasteiger partial charge in [0.15, 0.2) is 5.82 Å². The molecule has 0 bridgehead atoms. The first-order valence-electron chi connectivity index (χ1n) is 8.17. The summed E-state index contributed by atoms with van der Waals surface area (Å²) in [5, 5.41) is 8.98. The van der Waals surface area contributed by atoms with Crippen molar-refractivity contribution >= 4 is 11.8 Å². The predicted molar refractivity (Wildman–Crippen MR) is 99.0 cm³/mol. The first kappa shape index (κ1) is 18.6. The second-order valence-corrected chi connectivity index (χ2v) is 6.91. The van der Waals surface area contributed by atoms with Gasteiger partial charge in [0.05, 0.1) is 7.11 Å². The lowest BCUT2D eigenvalue weighted by Crippen LogP contribution is -2.13. The van der Waals surface area contributed by atoms with E-state index in [1.165, 1.54) is 5.56 Å². The zero-order valence-corrected chi connectivity index (χ0v) is 15.8. The molecule has 0 aliphatic carbocycles. The number of nitrogen functional groups attached to an aromatic ring is 1. The fourth-order valence-electron chi connectivity index (χ4n) is 2.49. The van der Waals surface area contributed by atoms with Crippen molar-refractivity contribution in [3.63, 3.8) is 0 Å². The summed E-state index contributed by atoms with van der Waals surface area (Å²) >= 11 is 1.58. The minimum Gasteiger partial charge on any atom is -0.496 e. The summed E-state index contributed by atoms with van der Waals surface area (Å²) in [7, 11) is 5.91. The summed E-state index contributed by atoms with van der Waals surface area (Å²) in [6.45, 7) is 3.11. The number of hydrogen-bond acceptors (Lipinski definition) is 6. The van der Waals surface area contributed by atoms with Crippen LogP contribution < -0.4 is 10.6 Å². The average Bonchev–Trinajstić information content (AvgIpc) is 2.92. The largest absolute Gasteiger partial charge is 0.496 e. The number of aromatic nitrogens is 3. The number of rotatable bonds is 9. The Morgan fingerprint density at radius 1 is 1.29 bits per heavy atom. The molecule has 0 radical (unpaired) electrons. The van der Waals surface area contributed by atoms with Crippen molar-refractivity contribution in [1.82, 2.24) is 19.8 Å². The van der Waals surface area contributed by atoms with Crippen LogP contribution in [0.5, 0.6) is 5.75 Å². The van der Waals surface area contributed by atoms with Gasteiger partial charge in [-0.15, -0.1) is 10.2 Å². The molecule has 2 aromatic rings. The monoisotopic (exact) mass is 349 g/mol. The molecule has 0 amide bonds. The number of thioether (sulfide) groups is 1. The molecule has 2 N–H and O–H groups in total. The van der Waals surface area contributed by atoms with Gasteiger partial charge in [0.2, 0.25) is 5.16 Å². The molecule has 132 valence electrons. The Balaban J connectivity index is 2.05. The van der Waals surface area contributed by atoms with Crippen molar-refractivity contribution in [2.24, 2.45) is 0 Å². The lowest BCUT2D eigenvalue weighted by atomic mass is 10.1. The van der Waals surface area contributed by atoms with Crippen molar-refractivity contribution in [2.45, 2.75) is 37.1 Å². The molecular weight excluding hydrogens is 322 g/mol. The highest BCUT2D eigenvalue weighted by atomic mass is 32.2. The van der Waals surface area contributed by atoms with Gasteiger partial charge in [0, 0.05) is 17.7 Å². The van der Waals surface area contributed by atoms with E-state index in [0.717, 1.165) is 53.9 Å². The summed E-state index contributed by atoms with van der Waals surface area (Å²) in [5.41, 5.74) is 2.49. The van der Waals surface area contributed by atoms with Gasteiger partial charge in [-0.05, 0) is 45.1 Å². The van der Waals surface area contributed by atoms with E-state index < -0.39 is 0 Å². The lowest BCUT2D eigenvalue weighted by molar-refractivity contribution is 0.399. The molecule has 2 rings (SSSR count). The molecule has 1 aromatic carbocycles. The van der Waals surface area contributed by atoms with Crippen molar-refractivity contribution in [2.75, 3.05) is 33.6 Å². The van der Waals surface area contributed by atoms with Crippen LogP contribution in [0.1, 0.15) is 30.3 Å². The van der Waals surface area contributed by atoms with E-state index in [9.17, 15) is 0 Å². The third-order valence-corrected chi connectivity index (χ3v) is 4.82. The van der Waals surface area contributed by atoms with E-state index in [2.05, 4.69) is 41.3 Å². The van der Waals surface area contributed by atoms with Gasteiger partial charge < -0.3 is 15.5 Å². The van der Waals surface area contributed by atoms with Gasteiger partial charge in [0.1, 0.15) is 5.75 Å². The molecule has 7 heteroatoms. The van der Waals surface area contributed by atoms with Gasteiger partial charge in [-0.1, -0.05) is 30.8 Å². The van der Waals surface area contributed by atoms with E-state index in [1.54, 1.807) is 23.5 Å². The van der Waals surface area contributed by atoms with Gasteiger partial charge in [-0.3, -0.25) is 0 Å². The van der Waals surface area contributed by atoms with E-state index in [0.29, 0.717) is 0 Å². The Hall–Kier alpha value is -1.73. The Labute approximate surface area is 148 Å².